The minimum Gasteiger partial charge on any atom is -0.341 e. The van der Waals surface area contributed by atoms with Gasteiger partial charge in [-0.05, 0) is 24.1 Å². The summed E-state index contributed by atoms with van der Waals surface area (Å²) < 4.78 is 28.6. The molecule has 1 aliphatic rings. The molecule has 8 heteroatoms. The van der Waals surface area contributed by atoms with Gasteiger partial charge in [-0.1, -0.05) is 42.5 Å². The average Bonchev–Trinajstić information content (AvgIpc) is 2.60. The van der Waals surface area contributed by atoms with E-state index in [1.54, 1.807) is 24.3 Å². The predicted molar refractivity (Wildman–Crippen MR) is 108 cm³/mol. The Morgan fingerprint density at radius 1 is 1.00 bits per heavy atom. The molecular formula is C18H23ClN4O2S. The van der Waals surface area contributed by atoms with E-state index in [-0.39, 0.29) is 17.3 Å². The molecule has 26 heavy (non-hydrogen) atoms. The first kappa shape index (κ1) is 20.4. The van der Waals surface area contributed by atoms with Gasteiger partial charge in [0.1, 0.15) is 10.7 Å². The number of fused-ring (bicyclic) bond motifs is 1. The fourth-order valence-electron chi connectivity index (χ4n) is 2.83. The fourth-order valence-corrected chi connectivity index (χ4v) is 3.97. The number of hydrogen-bond donors (Lipinski definition) is 2. The van der Waals surface area contributed by atoms with Gasteiger partial charge in [-0.25, -0.2) is 0 Å². The van der Waals surface area contributed by atoms with Crippen molar-refractivity contribution in [2.24, 2.45) is 10.1 Å². The van der Waals surface area contributed by atoms with Crippen molar-refractivity contribution in [3.63, 3.8) is 0 Å². The maximum absolute atomic E-state index is 12.3. The largest absolute Gasteiger partial charge is 0.341 e. The first-order chi connectivity index (χ1) is 12.1. The number of amidine groups is 1. The number of benzene rings is 2. The Morgan fingerprint density at radius 3 is 2.42 bits per heavy atom. The van der Waals surface area contributed by atoms with Crippen molar-refractivity contribution in [2.45, 2.75) is 11.3 Å². The molecule has 0 atom stereocenters. The van der Waals surface area contributed by atoms with E-state index in [1.807, 2.05) is 18.2 Å². The number of rotatable bonds is 7. The van der Waals surface area contributed by atoms with Gasteiger partial charge in [0, 0.05) is 19.6 Å². The van der Waals surface area contributed by atoms with E-state index in [0.717, 1.165) is 13.0 Å². The molecule has 0 saturated carbocycles. The lowest BCUT2D eigenvalue weighted by Gasteiger charge is -2.25. The van der Waals surface area contributed by atoms with Gasteiger partial charge in [-0.15, -0.1) is 16.8 Å². The standard InChI is InChI=1S/C18H22N4O2S.ClH/c19-11-13-22(12-10-15-6-2-1-3-7-15)14-18-20-16-8-4-5-9-17(16)25(23,24)21-18;/h1-9H,10-14,19H2,(H,20,21);1H. The number of nitrogens with zero attached hydrogens (tertiary/aromatic N) is 2. The van der Waals surface area contributed by atoms with E-state index >= 15 is 0 Å². The van der Waals surface area contributed by atoms with Crippen LogP contribution in [0.2, 0.25) is 0 Å². The third-order valence-electron chi connectivity index (χ3n) is 4.05. The van der Waals surface area contributed by atoms with Gasteiger partial charge in [-0.2, -0.15) is 8.42 Å². The third-order valence-corrected chi connectivity index (χ3v) is 5.43. The van der Waals surface area contributed by atoms with Crippen LogP contribution < -0.4 is 11.1 Å². The number of nitrogens with one attached hydrogen (secondary N) is 1. The van der Waals surface area contributed by atoms with Crippen LogP contribution in [-0.4, -0.2) is 45.3 Å². The van der Waals surface area contributed by atoms with Crippen LogP contribution in [0.15, 0.2) is 63.9 Å². The van der Waals surface area contributed by atoms with E-state index in [2.05, 4.69) is 26.7 Å². The van der Waals surface area contributed by atoms with Gasteiger partial charge in [0.05, 0.1) is 12.2 Å². The minimum absolute atomic E-state index is 0. The Labute approximate surface area is 160 Å². The Hall–Kier alpha value is -1.93. The van der Waals surface area contributed by atoms with Crippen molar-refractivity contribution in [1.29, 1.82) is 0 Å². The van der Waals surface area contributed by atoms with E-state index in [4.69, 9.17) is 5.73 Å². The van der Waals surface area contributed by atoms with Gasteiger partial charge in [0.15, 0.2) is 0 Å². The quantitative estimate of drug-likeness (QED) is 0.751. The van der Waals surface area contributed by atoms with Crippen LogP contribution in [0, 0.1) is 0 Å². The molecule has 0 aliphatic carbocycles. The highest BCUT2D eigenvalue weighted by atomic mass is 35.5. The van der Waals surface area contributed by atoms with E-state index in [9.17, 15) is 8.42 Å². The normalized spacial score (nSPS) is 14.8. The van der Waals surface area contributed by atoms with E-state index in [0.29, 0.717) is 31.2 Å². The average molecular weight is 395 g/mol. The molecule has 3 N–H and O–H groups in total. The number of halogens is 1. The zero-order valence-corrected chi connectivity index (χ0v) is 16.0. The van der Waals surface area contributed by atoms with Gasteiger partial charge < -0.3 is 11.1 Å². The molecule has 0 aromatic heterocycles. The Bertz CT molecular complexity index is 857. The van der Waals surface area contributed by atoms with Crippen LogP contribution in [-0.2, 0) is 16.4 Å². The zero-order valence-electron chi connectivity index (χ0n) is 14.3. The Kier molecular flexibility index (Phi) is 7.16. The van der Waals surface area contributed by atoms with Crippen LogP contribution in [0.1, 0.15) is 5.56 Å². The molecule has 1 heterocycles. The van der Waals surface area contributed by atoms with Crippen LogP contribution >= 0.6 is 12.4 Å². The number of sulfonamides is 1. The maximum Gasteiger partial charge on any atom is 0.286 e. The number of anilines is 1. The summed E-state index contributed by atoms with van der Waals surface area (Å²) in [6.45, 7) is 2.38. The smallest absolute Gasteiger partial charge is 0.286 e. The van der Waals surface area contributed by atoms with Gasteiger partial charge in [-0.3, -0.25) is 4.90 Å². The predicted octanol–water partition coefficient (Wildman–Crippen LogP) is 2.12. The fraction of sp³-hybridized carbons (Fsp3) is 0.278. The molecule has 2 aromatic rings. The summed E-state index contributed by atoms with van der Waals surface area (Å²) in [5, 5.41) is 3.13. The second kappa shape index (κ2) is 9.14. The van der Waals surface area contributed by atoms with Gasteiger partial charge in [0.2, 0.25) is 0 Å². The highest BCUT2D eigenvalue weighted by Crippen LogP contribution is 2.26. The minimum atomic E-state index is -3.65. The van der Waals surface area contributed by atoms with E-state index in [1.165, 1.54) is 5.56 Å². The number of para-hydroxylation sites is 1. The molecule has 0 unspecified atom stereocenters. The van der Waals surface area contributed by atoms with Crippen LogP contribution in [0.25, 0.3) is 0 Å². The van der Waals surface area contributed by atoms with Crippen molar-refractivity contribution in [3.8, 4) is 0 Å². The van der Waals surface area contributed by atoms with Crippen LogP contribution in [0.4, 0.5) is 5.69 Å². The summed E-state index contributed by atoms with van der Waals surface area (Å²) in [5.41, 5.74) is 7.52. The molecule has 0 spiro atoms. The van der Waals surface area contributed by atoms with Crippen molar-refractivity contribution >= 4 is 34.0 Å². The molecule has 0 amide bonds. The number of nitrogens with two attached hydrogens (primary N) is 1. The zero-order chi connectivity index (χ0) is 17.7. The van der Waals surface area contributed by atoms with Crippen LogP contribution in [0.5, 0.6) is 0 Å². The summed E-state index contributed by atoms with van der Waals surface area (Å²) in [6.07, 6.45) is 0.872. The third kappa shape index (κ3) is 5.04. The number of hydrogen-bond acceptors (Lipinski definition) is 5. The molecule has 1 aliphatic heterocycles. The molecule has 140 valence electrons. The van der Waals surface area contributed by atoms with Gasteiger partial charge >= 0.3 is 0 Å². The molecular weight excluding hydrogens is 372 g/mol. The SMILES string of the molecule is Cl.NCCN(CCc1ccccc1)CC1=NS(=O)(=O)c2ccccc2N1. The summed E-state index contributed by atoms with van der Waals surface area (Å²) in [6, 6.07) is 17.0. The summed E-state index contributed by atoms with van der Waals surface area (Å²) in [4.78, 5) is 2.33. The first-order valence-electron chi connectivity index (χ1n) is 8.25. The van der Waals surface area contributed by atoms with Gasteiger partial charge in [0.25, 0.3) is 10.0 Å². The second-order valence-corrected chi connectivity index (χ2v) is 7.51. The molecule has 2 aromatic carbocycles. The molecule has 6 nitrogen and oxygen atoms in total. The molecule has 3 rings (SSSR count). The van der Waals surface area contributed by atoms with Crippen molar-refractivity contribution < 1.29 is 8.42 Å². The highest BCUT2D eigenvalue weighted by molar-refractivity contribution is 7.90. The highest BCUT2D eigenvalue weighted by Gasteiger charge is 2.25. The monoisotopic (exact) mass is 394 g/mol. The molecule has 0 radical (unpaired) electrons. The maximum atomic E-state index is 12.3. The summed E-state index contributed by atoms with van der Waals surface area (Å²) in [5.74, 6) is 0.431. The Morgan fingerprint density at radius 2 is 1.69 bits per heavy atom. The first-order valence-corrected chi connectivity index (χ1v) is 9.69. The lowest BCUT2D eigenvalue weighted by atomic mass is 10.1. The second-order valence-electron chi connectivity index (χ2n) is 5.93. The summed E-state index contributed by atoms with van der Waals surface area (Å²) >= 11 is 0. The molecule has 0 saturated heterocycles. The van der Waals surface area contributed by atoms with Crippen molar-refractivity contribution in [3.05, 3.63) is 60.2 Å². The summed E-state index contributed by atoms with van der Waals surface area (Å²) in [7, 11) is -3.65. The van der Waals surface area contributed by atoms with Crippen molar-refractivity contribution in [1.82, 2.24) is 4.90 Å². The Balaban J connectivity index is 0.00000243. The van der Waals surface area contributed by atoms with Crippen LogP contribution in [0.3, 0.4) is 0 Å². The molecule has 0 fully saturated rings. The van der Waals surface area contributed by atoms with Crippen molar-refractivity contribution in [2.75, 3.05) is 31.5 Å². The molecule has 0 bridgehead atoms. The lowest BCUT2D eigenvalue weighted by Crippen LogP contribution is -2.39. The lowest BCUT2D eigenvalue weighted by molar-refractivity contribution is 0.323. The van der Waals surface area contributed by atoms with E-state index < -0.39 is 10.0 Å². The topological polar surface area (TPSA) is 87.8 Å².